The maximum atomic E-state index is 12.6. The summed E-state index contributed by atoms with van der Waals surface area (Å²) in [6, 6.07) is 2.62. The number of hydrogen-bond acceptors (Lipinski definition) is 7. The molecule has 0 unspecified atom stereocenters. The summed E-state index contributed by atoms with van der Waals surface area (Å²) in [6.45, 7) is -3.85. The van der Waals surface area contributed by atoms with E-state index in [-0.39, 0.29) is 17.1 Å². The Bertz CT molecular complexity index is 887. The van der Waals surface area contributed by atoms with Crippen molar-refractivity contribution in [2.45, 2.75) is 44.3 Å². The van der Waals surface area contributed by atoms with Crippen molar-refractivity contribution in [2.24, 2.45) is 0 Å². The lowest BCUT2D eigenvalue weighted by Crippen LogP contribution is -2.51. The van der Waals surface area contributed by atoms with E-state index < -0.39 is 42.6 Å². The fourth-order valence-corrected chi connectivity index (χ4v) is 3.58. The smallest absolute Gasteiger partial charge is 0.387 e. The Hall–Kier alpha value is -3.44. The highest BCUT2D eigenvalue weighted by Gasteiger charge is 2.52. The van der Waals surface area contributed by atoms with Crippen LogP contribution in [0.1, 0.15) is 42.5 Å². The van der Waals surface area contributed by atoms with Crippen LogP contribution in [0.5, 0.6) is 11.5 Å². The first-order chi connectivity index (χ1) is 14.8. The van der Waals surface area contributed by atoms with Crippen molar-refractivity contribution in [1.29, 1.82) is 0 Å². The Morgan fingerprint density at radius 1 is 1.19 bits per heavy atom. The number of urea groups is 1. The van der Waals surface area contributed by atoms with Crippen LogP contribution in [-0.2, 0) is 14.3 Å². The molecule has 1 heterocycles. The van der Waals surface area contributed by atoms with Gasteiger partial charge in [0.2, 0.25) is 0 Å². The van der Waals surface area contributed by atoms with Gasteiger partial charge in [-0.25, -0.2) is 9.59 Å². The molecule has 1 spiro atoms. The third-order valence-electron chi connectivity index (χ3n) is 5.06. The average Bonchev–Trinajstić information content (AvgIpc) is 2.96. The third kappa shape index (κ3) is 4.84. The van der Waals surface area contributed by atoms with E-state index in [1.54, 1.807) is 0 Å². The number of halogens is 2. The van der Waals surface area contributed by atoms with E-state index in [9.17, 15) is 28.0 Å². The van der Waals surface area contributed by atoms with Gasteiger partial charge in [-0.3, -0.25) is 15.0 Å². The summed E-state index contributed by atoms with van der Waals surface area (Å²) < 4.78 is 38.8. The summed E-state index contributed by atoms with van der Waals surface area (Å²) >= 11 is 0. The Labute approximate surface area is 175 Å². The first kappa shape index (κ1) is 22.2. The molecule has 0 radical (unpaired) electrons. The minimum atomic E-state index is -3.08. The number of nitrogens with zero attached hydrogens (tertiary/aromatic N) is 1. The highest BCUT2D eigenvalue weighted by atomic mass is 19.3. The number of amides is 4. The number of carbonyl (C=O) groups excluding carboxylic acids is 4. The molecule has 1 aliphatic carbocycles. The molecule has 0 aromatic heterocycles. The van der Waals surface area contributed by atoms with Gasteiger partial charge in [-0.15, -0.1) is 0 Å². The van der Waals surface area contributed by atoms with Gasteiger partial charge in [-0.05, 0) is 31.0 Å². The minimum absolute atomic E-state index is 0.0811. The second-order valence-electron chi connectivity index (χ2n) is 7.07. The van der Waals surface area contributed by atoms with E-state index in [1.165, 1.54) is 7.11 Å². The molecule has 31 heavy (non-hydrogen) atoms. The van der Waals surface area contributed by atoms with Gasteiger partial charge in [0.1, 0.15) is 5.54 Å². The number of hydrazine groups is 1. The van der Waals surface area contributed by atoms with E-state index >= 15 is 0 Å². The topological polar surface area (TPSA) is 123 Å². The molecule has 1 aliphatic heterocycles. The number of benzene rings is 1. The van der Waals surface area contributed by atoms with E-state index in [0.717, 1.165) is 37.5 Å². The average molecular weight is 441 g/mol. The second kappa shape index (κ2) is 9.14. The number of methoxy groups -OCH3 is 1. The summed E-state index contributed by atoms with van der Waals surface area (Å²) in [5.41, 5.74) is 1.05. The summed E-state index contributed by atoms with van der Waals surface area (Å²) in [5, 5.41) is 3.23. The van der Waals surface area contributed by atoms with Gasteiger partial charge >= 0.3 is 18.6 Å². The largest absolute Gasteiger partial charge is 0.493 e. The van der Waals surface area contributed by atoms with E-state index in [4.69, 9.17) is 9.47 Å². The van der Waals surface area contributed by atoms with Gasteiger partial charge in [-0.1, -0.05) is 19.3 Å². The SMILES string of the molecule is COc1cc(C(=O)OCC(=O)NN2C(=O)NC3(CCCCC3)C2=O)ccc1OC(F)F. The van der Waals surface area contributed by atoms with Gasteiger partial charge in [0, 0.05) is 0 Å². The molecule has 1 saturated heterocycles. The Morgan fingerprint density at radius 3 is 2.55 bits per heavy atom. The molecule has 0 atom stereocenters. The van der Waals surface area contributed by atoms with Crippen LogP contribution < -0.4 is 20.2 Å². The van der Waals surface area contributed by atoms with Crippen LogP contribution in [0, 0.1) is 0 Å². The van der Waals surface area contributed by atoms with Crippen molar-refractivity contribution < 1.29 is 42.2 Å². The molecule has 3 rings (SSSR count). The van der Waals surface area contributed by atoms with Crippen molar-refractivity contribution in [3.63, 3.8) is 0 Å². The molecule has 4 amide bonds. The maximum Gasteiger partial charge on any atom is 0.387 e. The molecule has 12 heteroatoms. The molecule has 168 valence electrons. The Kier molecular flexibility index (Phi) is 6.56. The van der Waals surface area contributed by atoms with Crippen LogP contribution in [0.3, 0.4) is 0 Å². The predicted octanol–water partition coefficient (Wildman–Crippen LogP) is 1.74. The fourth-order valence-electron chi connectivity index (χ4n) is 3.58. The number of hydrogen-bond donors (Lipinski definition) is 2. The van der Waals surface area contributed by atoms with Gasteiger partial charge in [0.15, 0.2) is 18.1 Å². The highest BCUT2D eigenvalue weighted by molar-refractivity contribution is 6.08. The zero-order valence-electron chi connectivity index (χ0n) is 16.6. The van der Waals surface area contributed by atoms with E-state index in [0.29, 0.717) is 17.9 Å². The van der Waals surface area contributed by atoms with Crippen LogP contribution in [0.25, 0.3) is 0 Å². The van der Waals surface area contributed by atoms with Crippen molar-refractivity contribution in [1.82, 2.24) is 15.8 Å². The van der Waals surface area contributed by atoms with Gasteiger partial charge < -0.3 is 19.5 Å². The molecule has 1 aromatic carbocycles. The van der Waals surface area contributed by atoms with Crippen molar-refractivity contribution in [3.05, 3.63) is 23.8 Å². The minimum Gasteiger partial charge on any atom is -0.493 e. The Morgan fingerprint density at radius 2 is 1.90 bits per heavy atom. The van der Waals surface area contributed by atoms with Crippen LogP contribution in [0.15, 0.2) is 18.2 Å². The van der Waals surface area contributed by atoms with Crippen LogP contribution in [0.2, 0.25) is 0 Å². The zero-order valence-corrected chi connectivity index (χ0v) is 16.6. The van der Waals surface area contributed by atoms with Crippen molar-refractivity contribution in [2.75, 3.05) is 13.7 Å². The molecular formula is C19H21F2N3O7. The van der Waals surface area contributed by atoms with E-state index in [2.05, 4.69) is 15.5 Å². The number of alkyl halides is 2. The first-order valence-electron chi connectivity index (χ1n) is 9.52. The van der Waals surface area contributed by atoms with Crippen molar-refractivity contribution >= 4 is 23.8 Å². The zero-order chi connectivity index (χ0) is 22.6. The molecule has 2 fully saturated rings. The fraction of sp³-hybridized carbons (Fsp3) is 0.474. The van der Waals surface area contributed by atoms with Crippen molar-refractivity contribution in [3.8, 4) is 11.5 Å². The number of carbonyl (C=O) groups is 4. The molecule has 1 saturated carbocycles. The predicted molar refractivity (Wildman–Crippen MR) is 99.2 cm³/mol. The van der Waals surface area contributed by atoms with Crippen LogP contribution >= 0.6 is 0 Å². The number of ether oxygens (including phenoxy) is 3. The number of esters is 1. The summed E-state index contributed by atoms with van der Waals surface area (Å²) in [7, 11) is 1.20. The van der Waals surface area contributed by atoms with Gasteiger partial charge in [0.25, 0.3) is 11.8 Å². The lowest BCUT2D eigenvalue weighted by atomic mass is 9.82. The first-order valence-corrected chi connectivity index (χ1v) is 9.52. The standard InChI is InChI=1S/C19H21F2N3O7/c1-29-13-9-11(5-6-12(13)31-17(20)21)15(26)30-10-14(25)23-24-16(27)19(22-18(24)28)7-3-2-4-8-19/h5-6,9,17H,2-4,7-8,10H2,1H3,(H,22,28)(H,23,25). The lowest BCUT2D eigenvalue weighted by molar-refractivity contribution is -0.140. The quantitative estimate of drug-likeness (QED) is 0.488. The second-order valence-corrected chi connectivity index (χ2v) is 7.07. The third-order valence-corrected chi connectivity index (χ3v) is 5.06. The summed E-state index contributed by atoms with van der Waals surface area (Å²) in [4.78, 5) is 49.0. The monoisotopic (exact) mass is 441 g/mol. The van der Waals surface area contributed by atoms with Gasteiger partial charge in [-0.2, -0.15) is 13.8 Å². The molecular weight excluding hydrogens is 420 g/mol. The van der Waals surface area contributed by atoms with Gasteiger partial charge in [0.05, 0.1) is 12.7 Å². The summed E-state index contributed by atoms with van der Waals surface area (Å²) in [5.74, 6) is -2.79. The molecule has 2 N–H and O–H groups in total. The summed E-state index contributed by atoms with van der Waals surface area (Å²) in [6.07, 6.45) is 3.53. The number of rotatable bonds is 7. The van der Waals surface area contributed by atoms with Crippen LogP contribution in [-0.4, -0.2) is 54.7 Å². The normalized spacial score (nSPS) is 17.5. The van der Waals surface area contributed by atoms with E-state index in [1.807, 2.05) is 0 Å². The molecule has 10 nitrogen and oxygen atoms in total. The molecule has 0 bridgehead atoms. The number of imide groups is 1. The highest BCUT2D eigenvalue weighted by Crippen LogP contribution is 2.33. The maximum absolute atomic E-state index is 12.6. The Balaban J connectivity index is 1.56. The molecule has 2 aliphatic rings. The molecule has 1 aromatic rings. The lowest BCUT2D eigenvalue weighted by Gasteiger charge is -2.30. The van der Waals surface area contributed by atoms with Crippen LogP contribution in [0.4, 0.5) is 13.6 Å². The number of nitrogens with one attached hydrogen (secondary N) is 2.